The third kappa shape index (κ3) is 3.59. The molecule has 0 amide bonds. The predicted octanol–water partition coefficient (Wildman–Crippen LogP) is 3.35. The van der Waals surface area contributed by atoms with Gasteiger partial charge in [-0.25, -0.2) is 4.98 Å². The summed E-state index contributed by atoms with van der Waals surface area (Å²) in [5.41, 5.74) is -1.10. The van der Waals surface area contributed by atoms with E-state index in [1.165, 1.54) is 6.07 Å². The lowest BCUT2D eigenvalue weighted by Crippen LogP contribution is -2.14. The molecule has 0 aliphatic rings. The molecular weight excluding hydrogens is 319 g/mol. The van der Waals surface area contributed by atoms with Crippen molar-refractivity contribution in [3.8, 4) is 0 Å². The van der Waals surface area contributed by atoms with Gasteiger partial charge in [-0.15, -0.1) is 0 Å². The van der Waals surface area contributed by atoms with Gasteiger partial charge in [0.25, 0.3) is 10.0 Å². The van der Waals surface area contributed by atoms with E-state index >= 15 is 0 Å². The number of anilines is 1. The standard InChI is InChI=1S/C13H14F3N3O2S/c1-8(2)12-17-7-11(18-12)22(20,21)19-10-5-3-4-9(6-10)13(14,15)16/h3-8,19H,1-2H3,(H,17,18). The highest BCUT2D eigenvalue weighted by Gasteiger charge is 2.30. The molecule has 0 aliphatic carbocycles. The Labute approximate surface area is 125 Å². The van der Waals surface area contributed by atoms with Crippen LogP contribution in [-0.2, 0) is 16.2 Å². The number of nitrogens with one attached hydrogen (secondary N) is 2. The maximum Gasteiger partial charge on any atom is 0.416 e. The highest BCUT2D eigenvalue weighted by atomic mass is 32.2. The van der Waals surface area contributed by atoms with Crippen molar-refractivity contribution >= 4 is 15.7 Å². The Morgan fingerprint density at radius 3 is 2.50 bits per heavy atom. The maximum absolute atomic E-state index is 12.6. The fourth-order valence-electron chi connectivity index (χ4n) is 1.72. The molecule has 22 heavy (non-hydrogen) atoms. The second-order valence-corrected chi connectivity index (χ2v) is 6.62. The highest BCUT2D eigenvalue weighted by Crippen LogP contribution is 2.31. The molecule has 2 N–H and O–H groups in total. The lowest BCUT2D eigenvalue weighted by Gasteiger charge is -2.10. The van der Waals surface area contributed by atoms with Crippen molar-refractivity contribution in [1.29, 1.82) is 0 Å². The number of alkyl halides is 3. The van der Waals surface area contributed by atoms with Crippen LogP contribution in [0.4, 0.5) is 18.9 Å². The number of aromatic amines is 1. The van der Waals surface area contributed by atoms with Gasteiger partial charge in [-0.2, -0.15) is 21.6 Å². The summed E-state index contributed by atoms with van der Waals surface area (Å²) >= 11 is 0. The van der Waals surface area contributed by atoms with Crippen molar-refractivity contribution in [3.05, 3.63) is 41.9 Å². The Kier molecular flexibility index (Phi) is 4.19. The van der Waals surface area contributed by atoms with Crippen molar-refractivity contribution in [2.45, 2.75) is 31.0 Å². The molecule has 5 nitrogen and oxygen atoms in total. The van der Waals surface area contributed by atoms with E-state index in [1.807, 2.05) is 13.8 Å². The molecule has 0 aliphatic heterocycles. The van der Waals surface area contributed by atoms with Gasteiger partial charge in [0.15, 0.2) is 5.03 Å². The summed E-state index contributed by atoms with van der Waals surface area (Å²) in [6.07, 6.45) is -3.41. The second kappa shape index (κ2) is 5.64. The van der Waals surface area contributed by atoms with Crippen molar-refractivity contribution in [2.24, 2.45) is 0 Å². The van der Waals surface area contributed by atoms with Crippen LogP contribution in [0.15, 0.2) is 35.5 Å². The van der Waals surface area contributed by atoms with Crippen LogP contribution in [0.2, 0.25) is 0 Å². The van der Waals surface area contributed by atoms with Gasteiger partial charge in [0.05, 0.1) is 11.8 Å². The van der Waals surface area contributed by atoms with Crippen molar-refractivity contribution in [3.63, 3.8) is 0 Å². The van der Waals surface area contributed by atoms with Crippen LogP contribution in [-0.4, -0.2) is 18.4 Å². The quantitative estimate of drug-likeness (QED) is 0.901. The lowest BCUT2D eigenvalue weighted by atomic mass is 10.2. The van der Waals surface area contributed by atoms with Gasteiger partial charge in [-0.3, -0.25) is 4.72 Å². The van der Waals surface area contributed by atoms with Crippen LogP contribution in [0, 0.1) is 0 Å². The first-order valence-electron chi connectivity index (χ1n) is 6.34. The zero-order valence-electron chi connectivity index (χ0n) is 11.8. The number of hydrogen-bond acceptors (Lipinski definition) is 3. The highest BCUT2D eigenvalue weighted by molar-refractivity contribution is 7.92. The maximum atomic E-state index is 12.6. The third-order valence-electron chi connectivity index (χ3n) is 2.85. The van der Waals surface area contributed by atoms with Crippen LogP contribution < -0.4 is 4.72 Å². The summed E-state index contributed by atoms with van der Waals surface area (Å²) in [6, 6.07) is 3.97. The molecule has 0 bridgehead atoms. The van der Waals surface area contributed by atoms with Gasteiger partial charge < -0.3 is 4.98 Å². The lowest BCUT2D eigenvalue weighted by molar-refractivity contribution is -0.137. The number of imidazole rings is 1. The smallest absolute Gasteiger partial charge is 0.331 e. The Morgan fingerprint density at radius 2 is 1.95 bits per heavy atom. The number of hydrogen-bond donors (Lipinski definition) is 2. The van der Waals surface area contributed by atoms with Crippen molar-refractivity contribution < 1.29 is 21.6 Å². The topological polar surface area (TPSA) is 74.8 Å². The molecule has 0 spiro atoms. The predicted molar refractivity (Wildman–Crippen MR) is 74.9 cm³/mol. The molecule has 0 unspecified atom stereocenters. The molecule has 120 valence electrons. The van der Waals surface area contributed by atoms with Crippen LogP contribution >= 0.6 is 0 Å². The van der Waals surface area contributed by atoms with Gasteiger partial charge in [0.2, 0.25) is 0 Å². The summed E-state index contributed by atoms with van der Waals surface area (Å²) in [6.45, 7) is 3.66. The van der Waals surface area contributed by atoms with Gasteiger partial charge in [0, 0.05) is 11.6 Å². The van der Waals surface area contributed by atoms with Crippen LogP contribution in [0.5, 0.6) is 0 Å². The van der Waals surface area contributed by atoms with Crippen LogP contribution in [0.1, 0.15) is 31.2 Å². The Morgan fingerprint density at radius 1 is 1.27 bits per heavy atom. The Balaban J connectivity index is 2.29. The van der Waals surface area contributed by atoms with Crippen LogP contribution in [0.25, 0.3) is 0 Å². The fraction of sp³-hybridized carbons (Fsp3) is 0.308. The summed E-state index contributed by atoms with van der Waals surface area (Å²) in [5.74, 6) is 0.474. The van der Waals surface area contributed by atoms with E-state index in [0.717, 1.165) is 24.4 Å². The average Bonchev–Trinajstić information content (AvgIpc) is 2.88. The summed E-state index contributed by atoms with van der Waals surface area (Å²) in [5, 5.41) is -0.200. The van der Waals surface area contributed by atoms with Gasteiger partial charge in [0.1, 0.15) is 5.82 Å². The van der Waals surface area contributed by atoms with E-state index in [9.17, 15) is 21.6 Å². The summed E-state index contributed by atoms with van der Waals surface area (Å²) < 4.78 is 64.2. The van der Waals surface area contributed by atoms with E-state index in [0.29, 0.717) is 5.82 Å². The van der Waals surface area contributed by atoms with Gasteiger partial charge in [-0.05, 0) is 18.2 Å². The summed E-state index contributed by atoms with van der Waals surface area (Å²) in [7, 11) is -4.02. The minimum Gasteiger partial charge on any atom is -0.331 e. The number of nitrogens with zero attached hydrogens (tertiary/aromatic N) is 1. The van der Waals surface area contributed by atoms with E-state index < -0.39 is 21.8 Å². The fourth-order valence-corrected chi connectivity index (χ4v) is 2.70. The normalized spacial score (nSPS) is 12.6. The molecule has 1 aromatic heterocycles. The van der Waals surface area contributed by atoms with Gasteiger partial charge in [-0.1, -0.05) is 19.9 Å². The van der Waals surface area contributed by atoms with E-state index in [1.54, 1.807) is 0 Å². The molecule has 9 heteroatoms. The molecule has 0 atom stereocenters. The monoisotopic (exact) mass is 333 g/mol. The zero-order valence-corrected chi connectivity index (χ0v) is 12.6. The second-order valence-electron chi connectivity index (χ2n) is 4.97. The Bertz CT molecular complexity index is 767. The minimum absolute atomic E-state index is 0.00231. The van der Waals surface area contributed by atoms with E-state index in [4.69, 9.17) is 0 Å². The number of benzene rings is 1. The third-order valence-corrected chi connectivity index (χ3v) is 4.14. The number of halogens is 3. The molecular formula is C13H14F3N3O2S. The average molecular weight is 333 g/mol. The molecule has 1 heterocycles. The molecule has 2 rings (SSSR count). The van der Waals surface area contributed by atoms with Crippen LogP contribution in [0.3, 0.4) is 0 Å². The molecule has 1 aromatic carbocycles. The molecule has 2 aromatic rings. The van der Waals surface area contributed by atoms with E-state index in [-0.39, 0.29) is 16.6 Å². The van der Waals surface area contributed by atoms with Crippen molar-refractivity contribution in [1.82, 2.24) is 9.97 Å². The van der Waals surface area contributed by atoms with E-state index in [2.05, 4.69) is 14.7 Å². The minimum atomic E-state index is -4.54. The molecule has 0 fully saturated rings. The Hall–Kier alpha value is -2.03. The largest absolute Gasteiger partial charge is 0.416 e. The number of rotatable bonds is 4. The molecule has 0 radical (unpaired) electrons. The zero-order chi connectivity index (χ0) is 16.5. The van der Waals surface area contributed by atoms with Gasteiger partial charge >= 0.3 is 6.18 Å². The SMILES string of the molecule is CC(C)c1ncc(S(=O)(=O)Nc2cccc(C(F)(F)F)c2)[nH]1. The first-order valence-corrected chi connectivity index (χ1v) is 7.83. The number of sulfonamides is 1. The number of aromatic nitrogens is 2. The molecule has 0 saturated carbocycles. The summed E-state index contributed by atoms with van der Waals surface area (Å²) in [4.78, 5) is 6.56. The van der Waals surface area contributed by atoms with Crippen molar-refractivity contribution in [2.75, 3.05) is 4.72 Å². The first-order chi connectivity index (χ1) is 10.1. The molecule has 0 saturated heterocycles. The first kappa shape index (κ1) is 16.3. The number of H-pyrrole nitrogens is 1.